The number of pyridine rings is 1. The van der Waals surface area contributed by atoms with Gasteiger partial charge in [0.25, 0.3) is 5.56 Å². The van der Waals surface area contributed by atoms with Gasteiger partial charge in [-0.2, -0.15) is 0 Å². The van der Waals surface area contributed by atoms with E-state index in [0.29, 0.717) is 26.4 Å². The van der Waals surface area contributed by atoms with E-state index in [2.05, 4.69) is 10.3 Å². The molecule has 0 aliphatic carbocycles. The molecule has 0 atom stereocenters. The Morgan fingerprint density at radius 2 is 2.05 bits per heavy atom. The van der Waals surface area contributed by atoms with Gasteiger partial charge in [-0.3, -0.25) is 4.79 Å². The molecular formula is C16H22N2O3. The summed E-state index contributed by atoms with van der Waals surface area (Å²) in [6.07, 6.45) is 0.912. The maximum absolute atomic E-state index is 11.9. The first-order valence-corrected chi connectivity index (χ1v) is 7.19. The summed E-state index contributed by atoms with van der Waals surface area (Å²) in [4.78, 5) is 14.8. The summed E-state index contributed by atoms with van der Waals surface area (Å²) in [5.74, 6) is 0. The Kier molecular flexibility index (Phi) is 6.40. The number of rotatable bonds is 9. The SMILES string of the molecule is COCCOCCCNCc1cc2ccccc2[nH]c1=O. The average molecular weight is 290 g/mol. The van der Waals surface area contributed by atoms with E-state index < -0.39 is 0 Å². The number of aromatic nitrogens is 1. The van der Waals surface area contributed by atoms with Crippen molar-refractivity contribution in [2.75, 3.05) is 33.5 Å². The first-order chi connectivity index (χ1) is 10.3. The van der Waals surface area contributed by atoms with E-state index in [1.54, 1.807) is 7.11 Å². The minimum Gasteiger partial charge on any atom is -0.382 e. The highest BCUT2D eigenvalue weighted by atomic mass is 16.5. The van der Waals surface area contributed by atoms with Crippen molar-refractivity contribution < 1.29 is 9.47 Å². The van der Waals surface area contributed by atoms with E-state index in [9.17, 15) is 4.79 Å². The van der Waals surface area contributed by atoms with Crippen molar-refractivity contribution in [2.45, 2.75) is 13.0 Å². The topological polar surface area (TPSA) is 63.4 Å². The number of hydrogen-bond donors (Lipinski definition) is 2. The second-order valence-corrected chi connectivity index (χ2v) is 4.85. The number of nitrogens with one attached hydrogen (secondary N) is 2. The van der Waals surface area contributed by atoms with Crippen LogP contribution in [0.2, 0.25) is 0 Å². The zero-order valence-corrected chi connectivity index (χ0v) is 12.4. The van der Waals surface area contributed by atoms with Crippen molar-refractivity contribution in [2.24, 2.45) is 0 Å². The third-order valence-electron chi connectivity index (χ3n) is 3.22. The fraction of sp³-hybridized carbons (Fsp3) is 0.438. The number of hydrogen-bond acceptors (Lipinski definition) is 4. The van der Waals surface area contributed by atoms with Gasteiger partial charge in [0.15, 0.2) is 0 Å². The van der Waals surface area contributed by atoms with E-state index in [1.165, 1.54) is 0 Å². The van der Waals surface area contributed by atoms with Crippen molar-refractivity contribution in [3.63, 3.8) is 0 Å². The lowest BCUT2D eigenvalue weighted by atomic mass is 10.1. The van der Waals surface area contributed by atoms with Crippen molar-refractivity contribution in [3.05, 3.63) is 46.2 Å². The lowest BCUT2D eigenvalue weighted by Crippen LogP contribution is -2.22. The second-order valence-electron chi connectivity index (χ2n) is 4.85. The van der Waals surface area contributed by atoms with Crippen molar-refractivity contribution in [1.82, 2.24) is 10.3 Å². The van der Waals surface area contributed by atoms with Crippen molar-refractivity contribution in [1.29, 1.82) is 0 Å². The fourth-order valence-corrected chi connectivity index (χ4v) is 2.09. The highest BCUT2D eigenvalue weighted by molar-refractivity contribution is 5.78. The monoisotopic (exact) mass is 290 g/mol. The van der Waals surface area contributed by atoms with Crippen molar-refractivity contribution in [3.8, 4) is 0 Å². The molecule has 1 aromatic heterocycles. The highest BCUT2D eigenvalue weighted by Crippen LogP contribution is 2.09. The molecule has 0 unspecified atom stereocenters. The predicted molar refractivity (Wildman–Crippen MR) is 83.6 cm³/mol. The Hall–Kier alpha value is -1.69. The van der Waals surface area contributed by atoms with Crippen LogP contribution in [0.5, 0.6) is 0 Å². The van der Waals surface area contributed by atoms with Crippen LogP contribution in [0.3, 0.4) is 0 Å². The Morgan fingerprint density at radius 1 is 1.19 bits per heavy atom. The Bertz CT molecular complexity index is 610. The molecule has 1 heterocycles. The van der Waals surface area contributed by atoms with E-state index in [4.69, 9.17) is 9.47 Å². The fourth-order valence-electron chi connectivity index (χ4n) is 2.09. The summed E-state index contributed by atoms with van der Waals surface area (Å²) >= 11 is 0. The number of ether oxygens (including phenoxy) is 2. The molecule has 0 saturated heterocycles. The van der Waals surface area contributed by atoms with E-state index in [1.807, 2.05) is 30.3 Å². The predicted octanol–water partition coefficient (Wildman–Crippen LogP) is 1.67. The number of benzene rings is 1. The zero-order chi connectivity index (χ0) is 14.9. The molecule has 0 bridgehead atoms. The molecule has 0 fully saturated rings. The number of H-pyrrole nitrogens is 1. The van der Waals surface area contributed by atoms with Crippen molar-refractivity contribution >= 4 is 10.9 Å². The van der Waals surface area contributed by atoms with Gasteiger partial charge in [0, 0.05) is 31.3 Å². The van der Waals surface area contributed by atoms with E-state index in [0.717, 1.165) is 29.4 Å². The summed E-state index contributed by atoms with van der Waals surface area (Å²) < 4.78 is 10.3. The van der Waals surface area contributed by atoms with Crippen LogP contribution in [0.15, 0.2) is 35.1 Å². The van der Waals surface area contributed by atoms with Crippen LogP contribution < -0.4 is 10.9 Å². The number of aromatic amines is 1. The summed E-state index contributed by atoms with van der Waals surface area (Å²) in [5, 5.41) is 4.32. The molecule has 0 amide bonds. The summed E-state index contributed by atoms with van der Waals surface area (Å²) in [7, 11) is 1.66. The largest absolute Gasteiger partial charge is 0.382 e. The Labute approximate surface area is 124 Å². The van der Waals surface area contributed by atoms with Gasteiger partial charge in [0.1, 0.15) is 0 Å². The molecule has 2 N–H and O–H groups in total. The van der Waals surface area contributed by atoms with Crippen LogP contribution in [-0.4, -0.2) is 38.5 Å². The standard InChI is InChI=1S/C16H22N2O3/c1-20-9-10-21-8-4-7-17-12-14-11-13-5-2-3-6-15(13)18-16(14)19/h2-3,5-6,11,17H,4,7-10,12H2,1H3,(H,18,19). The first kappa shape index (κ1) is 15.7. The zero-order valence-electron chi connectivity index (χ0n) is 12.4. The average Bonchev–Trinajstić information content (AvgIpc) is 2.50. The van der Waals surface area contributed by atoms with Crippen LogP contribution in [0.1, 0.15) is 12.0 Å². The minimum absolute atomic E-state index is 0.0301. The molecule has 0 radical (unpaired) electrons. The molecule has 5 heteroatoms. The molecule has 0 saturated carbocycles. The summed E-state index contributed by atoms with van der Waals surface area (Å²) in [6, 6.07) is 9.73. The van der Waals surface area contributed by atoms with E-state index >= 15 is 0 Å². The molecule has 0 spiro atoms. The Morgan fingerprint density at radius 3 is 2.90 bits per heavy atom. The van der Waals surface area contributed by atoms with Gasteiger partial charge >= 0.3 is 0 Å². The minimum atomic E-state index is -0.0301. The maximum atomic E-state index is 11.9. The second kappa shape index (κ2) is 8.56. The highest BCUT2D eigenvalue weighted by Gasteiger charge is 2.02. The van der Waals surface area contributed by atoms with Gasteiger partial charge < -0.3 is 19.8 Å². The van der Waals surface area contributed by atoms with Gasteiger partial charge in [0.2, 0.25) is 0 Å². The van der Waals surface area contributed by atoms with Gasteiger partial charge in [-0.15, -0.1) is 0 Å². The van der Waals surface area contributed by atoms with Crippen LogP contribution in [-0.2, 0) is 16.0 Å². The lowest BCUT2D eigenvalue weighted by molar-refractivity contribution is 0.0695. The first-order valence-electron chi connectivity index (χ1n) is 7.19. The maximum Gasteiger partial charge on any atom is 0.252 e. The normalized spacial score (nSPS) is 11.1. The Balaban J connectivity index is 1.76. The molecule has 0 aliphatic rings. The summed E-state index contributed by atoms with van der Waals surface area (Å²) in [6.45, 7) is 3.34. The third kappa shape index (κ3) is 4.97. The number of methoxy groups -OCH3 is 1. The number of para-hydroxylation sites is 1. The van der Waals surface area contributed by atoms with Gasteiger partial charge in [-0.1, -0.05) is 18.2 Å². The molecule has 21 heavy (non-hydrogen) atoms. The van der Waals surface area contributed by atoms with Crippen LogP contribution in [0.25, 0.3) is 10.9 Å². The number of fused-ring (bicyclic) bond motifs is 1. The summed E-state index contributed by atoms with van der Waals surface area (Å²) in [5.41, 5.74) is 1.60. The van der Waals surface area contributed by atoms with E-state index in [-0.39, 0.29) is 5.56 Å². The quantitative estimate of drug-likeness (QED) is 0.690. The lowest BCUT2D eigenvalue weighted by Gasteiger charge is -2.06. The molecule has 0 aliphatic heterocycles. The van der Waals surface area contributed by atoms with Crippen LogP contribution in [0, 0.1) is 0 Å². The van der Waals surface area contributed by atoms with Gasteiger partial charge in [-0.25, -0.2) is 0 Å². The van der Waals surface area contributed by atoms with Gasteiger partial charge in [0.05, 0.1) is 13.2 Å². The third-order valence-corrected chi connectivity index (χ3v) is 3.22. The molecule has 1 aromatic carbocycles. The molecular weight excluding hydrogens is 268 g/mol. The van der Waals surface area contributed by atoms with Crippen LogP contribution in [0.4, 0.5) is 0 Å². The molecule has 5 nitrogen and oxygen atoms in total. The molecule has 114 valence electrons. The van der Waals surface area contributed by atoms with Crippen LogP contribution >= 0.6 is 0 Å². The smallest absolute Gasteiger partial charge is 0.252 e. The van der Waals surface area contributed by atoms with Gasteiger partial charge in [-0.05, 0) is 30.5 Å². The molecule has 2 aromatic rings. The molecule has 2 rings (SSSR count).